The van der Waals surface area contributed by atoms with Crippen LogP contribution >= 0.6 is 0 Å². The average Bonchev–Trinajstić information content (AvgIpc) is 2.83. The quantitative estimate of drug-likeness (QED) is 0.912. The van der Waals surface area contributed by atoms with Crippen molar-refractivity contribution in [3.63, 3.8) is 0 Å². The summed E-state index contributed by atoms with van der Waals surface area (Å²) in [5.74, 6) is 1.67. The van der Waals surface area contributed by atoms with Gasteiger partial charge in [0.05, 0.1) is 25.1 Å². The summed E-state index contributed by atoms with van der Waals surface area (Å²) in [6.45, 7) is 4.10. The zero-order chi connectivity index (χ0) is 13.8. The van der Waals surface area contributed by atoms with E-state index in [2.05, 4.69) is 29.0 Å². The van der Waals surface area contributed by atoms with Crippen molar-refractivity contribution in [1.82, 2.24) is 9.97 Å². The van der Waals surface area contributed by atoms with Crippen LogP contribution in [0.4, 0.5) is 0 Å². The second-order valence-corrected chi connectivity index (χ2v) is 4.56. The van der Waals surface area contributed by atoms with Gasteiger partial charge in [-0.15, -0.1) is 0 Å². The van der Waals surface area contributed by atoms with Crippen LogP contribution in [0.25, 0.3) is 11.3 Å². The topological polar surface area (TPSA) is 61.7 Å². The van der Waals surface area contributed by atoms with Crippen molar-refractivity contribution in [3.05, 3.63) is 35.3 Å². The summed E-state index contributed by atoms with van der Waals surface area (Å²) in [6, 6.07) is 6.25. The number of aryl methyl sites for hydroxylation is 3. The molecule has 0 aliphatic heterocycles. The van der Waals surface area contributed by atoms with Gasteiger partial charge in [-0.25, -0.2) is 4.98 Å². The van der Waals surface area contributed by atoms with Crippen LogP contribution in [0.5, 0.6) is 5.75 Å². The minimum atomic E-state index is 0.469. The fourth-order valence-electron chi connectivity index (χ4n) is 2.23. The van der Waals surface area contributed by atoms with Crippen LogP contribution < -0.4 is 4.74 Å². The Morgan fingerprint density at radius 3 is 2.84 bits per heavy atom. The SMILES string of the molecule is COc1cc(C)cc(C)c1-c1cnc(CCC#N)[nH]1. The number of H-pyrrole nitrogens is 1. The molecule has 2 aromatic rings. The lowest BCUT2D eigenvalue weighted by molar-refractivity contribution is 0.415. The van der Waals surface area contributed by atoms with Gasteiger partial charge in [-0.05, 0) is 31.0 Å². The van der Waals surface area contributed by atoms with Crippen molar-refractivity contribution >= 4 is 0 Å². The van der Waals surface area contributed by atoms with E-state index in [0.29, 0.717) is 12.8 Å². The molecule has 1 aromatic carbocycles. The molecule has 1 N–H and O–H groups in total. The smallest absolute Gasteiger partial charge is 0.128 e. The number of nitrogens with one attached hydrogen (secondary N) is 1. The van der Waals surface area contributed by atoms with Gasteiger partial charge in [0.2, 0.25) is 0 Å². The van der Waals surface area contributed by atoms with Crippen molar-refractivity contribution in [1.29, 1.82) is 5.26 Å². The lowest BCUT2D eigenvalue weighted by Gasteiger charge is -2.11. The normalized spacial score (nSPS) is 10.2. The summed E-state index contributed by atoms with van der Waals surface area (Å²) < 4.78 is 5.45. The molecule has 1 aromatic heterocycles. The lowest BCUT2D eigenvalue weighted by atomic mass is 10.0. The highest BCUT2D eigenvalue weighted by atomic mass is 16.5. The van der Waals surface area contributed by atoms with Crippen LogP contribution in [0, 0.1) is 25.2 Å². The zero-order valence-electron chi connectivity index (χ0n) is 11.4. The number of nitrogens with zero attached hydrogens (tertiary/aromatic N) is 2. The molecule has 2 rings (SSSR count). The van der Waals surface area contributed by atoms with Crippen molar-refractivity contribution in [3.8, 4) is 23.1 Å². The Hall–Kier alpha value is -2.28. The first kappa shape index (κ1) is 13.2. The zero-order valence-corrected chi connectivity index (χ0v) is 11.4. The number of nitriles is 1. The first-order valence-corrected chi connectivity index (χ1v) is 6.22. The molecule has 0 saturated carbocycles. The molecular weight excluding hydrogens is 238 g/mol. The summed E-state index contributed by atoms with van der Waals surface area (Å²) in [7, 11) is 1.67. The van der Waals surface area contributed by atoms with Crippen molar-refractivity contribution in [2.24, 2.45) is 0 Å². The third kappa shape index (κ3) is 2.76. The van der Waals surface area contributed by atoms with Crippen LogP contribution in [0.2, 0.25) is 0 Å². The highest BCUT2D eigenvalue weighted by Crippen LogP contribution is 2.33. The molecule has 1 heterocycles. The van der Waals surface area contributed by atoms with Crippen molar-refractivity contribution in [2.45, 2.75) is 26.7 Å². The fourth-order valence-corrected chi connectivity index (χ4v) is 2.23. The summed E-state index contributed by atoms with van der Waals surface area (Å²) in [4.78, 5) is 7.56. The Morgan fingerprint density at radius 2 is 2.16 bits per heavy atom. The maximum absolute atomic E-state index is 8.60. The summed E-state index contributed by atoms with van der Waals surface area (Å²) in [5.41, 5.74) is 4.28. The summed E-state index contributed by atoms with van der Waals surface area (Å²) >= 11 is 0. The van der Waals surface area contributed by atoms with Crippen LogP contribution in [0.1, 0.15) is 23.4 Å². The van der Waals surface area contributed by atoms with Gasteiger partial charge in [-0.1, -0.05) is 6.07 Å². The maximum atomic E-state index is 8.60. The number of rotatable bonds is 4. The molecule has 4 heteroatoms. The molecule has 0 atom stereocenters. The number of methoxy groups -OCH3 is 1. The van der Waals surface area contributed by atoms with Crippen LogP contribution in [-0.2, 0) is 6.42 Å². The van der Waals surface area contributed by atoms with Crippen LogP contribution in [0.3, 0.4) is 0 Å². The van der Waals surface area contributed by atoms with Gasteiger partial charge in [0.25, 0.3) is 0 Å². The molecule has 0 bridgehead atoms. The molecule has 0 amide bonds. The van der Waals surface area contributed by atoms with E-state index in [4.69, 9.17) is 10.00 Å². The van der Waals surface area contributed by atoms with E-state index in [1.165, 1.54) is 5.56 Å². The summed E-state index contributed by atoms with van der Waals surface area (Å²) in [5, 5.41) is 8.60. The molecule has 0 unspecified atom stereocenters. The number of aromatic amines is 1. The predicted molar refractivity (Wildman–Crippen MR) is 74.0 cm³/mol. The summed E-state index contributed by atoms with van der Waals surface area (Å²) in [6.07, 6.45) is 2.91. The van der Waals surface area contributed by atoms with E-state index < -0.39 is 0 Å². The molecule has 0 spiro atoms. The standard InChI is InChI=1S/C15H17N3O/c1-10-7-11(2)15(13(8-10)19-3)12-9-17-14(18-12)5-4-6-16/h7-9H,4-5H2,1-3H3,(H,17,18). The van der Waals surface area contributed by atoms with Gasteiger partial charge >= 0.3 is 0 Å². The third-order valence-electron chi connectivity index (χ3n) is 3.03. The Morgan fingerprint density at radius 1 is 1.37 bits per heavy atom. The minimum Gasteiger partial charge on any atom is -0.496 e. The molecule has 0 saturated heterocycles. The molecule has 0 radical (unpaired) electrons. The number of hydrogen-bond donors (Lipinski definition) is 1. The number of benzene rings is 1. The number of ether oxygens (including phenoxy) is 1. The van der Waals surface area contributed by atoms with E-state index in [-0.39, 0.29) is 0 Å². The first-order valence-electron chi connectivity index (χ1n) is 6.22. The van der Waals surface area contributed by atoms with Gasteiger partial charge in [0.1, 0.15) is 11.6 Å². The number of imidazole rings is 1. The Labute approximate surface area is 113 Å². The predicted octanol–water partition coefficient (Wildman–Crippen LogP) is 3.16. The van der Waals surface area contributed by atoms with E-state index in [9.17, 15) is 0 Å². The minimum absolute atomic E-state index is 0.469. The molecule has 0 aliphatic carbocycles. The monoisotopic (exact) mass is 255 g/mol. The second-order valence-electron chi connectivity index (χ2n) is 4.56. The number of hydrogen-bond acceptors (Lipinski definition) is 3. The van der Waals surface area contributed by atoms with Crippen molar-refractivity contribution in [2.75, 3.05) is 7.11 Å². The van der Waals surface area contributed by atoms with Gasteiger partial charge in [0.15, 0.2) is 0 Å². The molecule has 4 nitrogen and oxygen atoms in total. The van der Waals surface area contributed by atoms with Gasteiger partial charge in [-0.2, -0.15) is 5.26 Å². The number of aromatic nitrogens is 2. The molecule has 98 valence electrons. The highest BCUT2D eigenvalue weighted by Gasteiger charge is 2.12. The largest absolute Gasteiger partial charge is 0.496 e. The molecule has 0 aliphatic rings. The van der Waals surface area contributed by atoms with E-state index in [1.807, 2.05) is 13.0 Å². The lowest BCUT2D eigenvalue weighted by Crippen LogP contribution is -1.93. The van der Waals surface area contributed by atoms with Crippen LogP contribution in [0.15, 0.2) is 18.3 Å². The Kier molecular flexibility index (Phi) is 3.86. The average molecular weight is 255 g/mol. The third-order valence-corrected chi connectivity index (χ3v) is 3.03. The van der Waals surface area contributed by atoms with Gasteiger partial charge in [0, 0.05) is 18.4 Å². The maximum Gasteiger partial charge on any atom is 0.128 e. The Bertz CT molecular complexity index is 623. The fraction of sp³-hybridized carbons (Fsp3) is 0.333. The van der Waals surface area contributed by atoms with Crippen molar-refractivity contribution < 1.29 is 4.74 Å². The first-order chi connectivity index (χ1) is 9.15. The molecule has 0 fully saturated rings. The van der Waals surface area contributed by atoms with Crippen LogP contribution in [-0.4, -0.2) is 17.1 Å². The molecular formula is C15H17N3O. The van der Waals surface area contributed by atoms with E-state index in [1.54, 1.807) is 13.3 Å². The van der Waals surface area contributed by atoms with Gasteiger partial charge in [-0.3, -0.25) is 0 Å². The Balaban J connectivity index is 2.41. The van der Waals surface area contributed by atoms with Gasteiger partial charge < -0.3 is 9.72 Å². The second kappa shape index (κ2) is 5.57. The van der Waals surface area contributed by atoms with E-state index >= 15 is 0 Å². The van der Waals surface area contributed by atoms with E-state index in [0.717, 1.165) is 28.4 Å². The molecule has 19 heavy (non-hydrogen) atoms. The highest BCUT2D eigenvalue weighted by molar-refractivity contribution is 5.71.